The van der Waals surface area contributed by atoms with Gasteiger partial charge in [-0.15, -0.1) is 0 Å². The van der Waals surface area contributed by atoms with Gasteiger partial charge in [-0.1, -0.05) is 12.1 Å². The third kappa shape index (κ3) is 2.81. The van der Waals surface area contributed by atoms with Crippen molar-refractivity contribution in [3.8, 4) is 0 Å². The van der Waals surface area contributed by atoms with Crippen LogP contribution in [0.4, 0.5) is 23.2 Å². The summed E-state index contributed by atoms with van der Waals surface area (Å²) in [6.45, 7) is -0.374. The van der Waals surface area contributed by atoms with Crippen LogP contribution in [-0.2, 0) is 12.7 Å². The molecule has 1 heterocycles. The Morgan fingerprint density at radius 2 is 1.85 bits per heavy atom. The van der Waals surface area contributed by atoms with E-state index in [1.807, 2.05) is 0 Å². The Kier molecular flexibility index (Phi) is 3.52. The van der Waals surface area contributed by atoms with Gasteiger partial charge in [0.05, 0.1) is 6.54 Å². The number of nitrogen functional groups attached to an aromatic ring is 1. The predicted molar refractivity (Wildman–Crippen MR) is 65.6 cm³/mol. The van der Waals surface area contributed by atoms with Gasteiger partial charge in [0.1, 0.15) is 11.5 Å². The van der Waals surface area contributed by atoms with Crippen molar-refractivity contribution in [2.45, 2.75) is 12.7 Å². The van der Waals surface area contributed by atoms with E-state index in [-0.39, 0.29) is 17.8 Å². The molecule has 20 heavy (non-hydrogen) atoms. The van der Waals surface area contributed by atoms with Crippen molar-refractivity contribution in [3.63, 3.8) is 0 Å². The Bertz CT molecular complexity index is 692. The largest absolute Gasteiger partial charge is 0.431 e. The summed E-state index contributed by atoms with van der Waals surface area (Å²) in [7, 11) is 0. The fourth-order valence-electron chi connectivity index (χ4n) is 1.81. The Morgan fingerprint density at radius 3 is 2.45 bits per heavy atom. The Morgan fingerprint density at radius 1 is 1.15 bits per heavy atom. The molecule has 0 aliphatic carbocycles. The predicted octanol–water partition coefficient (Wildman–Crippen LogP) is 2.64. The maximum absolute atomic E-state index is 12.9. The van der Waals surface area contributed by atoms with E-state index >= 15 is 0 Å². The third-order valence-corrected chi connectivity index (χ3v) is 2.78. The summed E-state index contributed by atoms with van der Waals surface area (Å²) in [5.41, 5.74) is 3.90. The molecule has 2 N–H and O–H groups in total. The van der Waals surface area contributed by atoms with Crippen LogP contribution in [0, 0.1) is 5.82 Å². The lowest BCUT2D eigenvalue weighted by Gasteiger charge is -2.15. The van der Waals surface area contributed by atoms with Gasteiger partial charge in [-0.3, -0.25) is 9.36 Å². The van der Waals surface area contributed by atoms with Crippen LogP contribution in [0.15, 0.2) is 41.2 Å². The Balaban J connectivity index is 2.51. The second-order valence-electron chi connectivity index (χ2n) is 4.18. The molecule has 0 aliphatic heterocycles. The zero-order chi connectivity index (χ0) is 14.9. The highest BCUT2D eigenvalue weighted by atomic mass is 19.4. The van der Waals surface area contributed by atoms with Gasteiger partial charge in [-0.25, -0.2) is 4.39 Å². The summed E-state index contributed by atoms with van der Waals surface area (Å²) in [5.74, 6) is -0.595. The summed E-state index contributed by atoms with van der Waals surface area (Å²) in [6.07, 6.45) is -4.66. The van der Waals surface area contributed by atoms with Crippen molar-refractivity contribution in [1.82, 2.24) is 4.57 Å². The van der Waals surface area contributed by atoms with Gasteiger partial charge in [0.15, 0.2) is 0 Å². The number of aromatic nitrogens is 1. The molecule has 0 radical (unpaired) electrons. The molecular formula is C13H10F4N2O. The molecule has 3 nitrogen and oxygen atoms in total. The van der Waals surface area contributed by atoms with Gasteiger partial charge in [-0.2, -0.15) is 13.2 Å². The fourth-order valence-corrected chi connectivity index (χ4v) is 1.81. The summed E-state index contributed by atoms with van der Waals surface area (Å²) in [4.78, 5) is 11.6. The summed E-state index contributed by atoms with van der Waals surface area (Å²) < 4.78 is 52.0. The second-order valence-corrected chi connectivity index (χ2v) is 4.18. The van der Waals surface area contributed by atoms with E-state index in [2.05, 4.69) is 0 Å². The van der Waals surface area contributed by atoms with Gasteiger partial charge < -0.3 is 5.73 Å². The highest BCUT2D eigenvalue weighted by Gasteiger charge is 2.34. The number of pyridine rings is 1. The van der Waals surface area contributed by atoms with Crippen molar-refractivity contribution in [3.05, 3.63) is 63.8 Å². The molecule has 0 saturated heterocycles. The number of nitrogens with two attached hydrogens (primary N) is 1. The lowest BCUT2D eigenvalue weighted by molar-refractivity contribution is -0.144. The van der Waals surface area contributed by atoms with Crippen LogP contribution in [0.5, 0.6) is 0 Å². The van der Waals surface area contributed by atoms with Gasteiger partial charge in [-0.05, 0) is 23.8 Å². The minimum atomic E-state index is -4.66. The average Bonchev–Trinajstić information content (AvgIpc) is 2.33. The zero-order valence-corrected chi connectivity index (χ0v) is 10.1. The Hall–Kier alpha value is -2.31. The van der Waals surface area contributed by atoms with E-state index < -0.39 is 23.2 Å². The van der Waals surface area contributed by atoms with E-state index in [4.69, 9.17) is 5.73 Å². The first-order valence-corrected chi connectivity index (χ1v) is 5.60. The monoisotopic (exact) mass is 286 g/mol. The SMILES string of the molecule is Nc1cc(F)ccc1Cn1c(C(F)(F)F)cccc1=O. The van der Waals surface area contributed by atoms with Crippen LogP contribution in [0.25, 0.3) is 0 Å². The number of halogens is 4. The molecule has 0 atom stereocenters. The topological polar surface area (TPSA) is 48.0 Å². The molecule has 0 amide bonds. The molecule has 0 aliphatic rings. The number of hydrogen-bond donors (Lipinski definition) is 1. The molecule has 2 rings (SSSR count). The van der Waals surface area contributed by atoms with Gasteiger partial charge in [0.25, 0.3) is 5.56 Å². The third-order valence-electron chi connectivity index (χ3n) is 2.78. The number of anilines is 1. The fraction of sp³-hybridized carbons (Fsp3) is 0.154. The smallest absolute Gasteiger partial charge is 0.398 e. The molecule has 0 unspecified atom stereocenters. The average molecular weight is 286 g/mol. The molecule has 0 fully saturated rings. The minimum absolute atomic E-state index is 0.00567. The van der Waals surface area contributed by atoms with Crippen molar-refractivity contribution in [1.29, 1.82) is 0 Å². The number of hydrogen-bond acceptors (Lipinski definition) is 2. The van der Waals surface area contributed by atoms with Crippen LogP contribution in [0.3, 0.4) is 0 Å². The first-order valence-electron chi connectivity index (χ1n) is 5.60. The molecule has 106 valence electrons. The number of rotatable bonds is 2. The minimum Gasteiger partial charge on any atom is -0.398 e. The van der Waals surface area contributed by atoms with Crippen LogP contribution < -0.4 is 11.3 Å². The molecule has 0 bridgehead atoms. The summed E-state index contributed by atoms with van der Waals surface area (Å²) in [5, 5.41) is 0. The molecule has 1 aromatic carbocycles. The van der Waals surface area contributed by atoms with E-state index in [1.165, 1.54) is 6.07 Å². The number of benzene rings is 1. The van der Waals surface area contributed by atoms with Crippen molar-refractivity contribution >= 4 is 5.69 Å². The molecule has 0 saturated carbocycles. The zero-order valence-electron chi connectivity index (χ0n) is 10.1. The number of alkyl halides is 3. The van der Waals surface area contributed by atoms with Crippen molar-refractivity contribution < 1.29 is 17.6 Å². The molecule has 7 heteroatoms. The lowest BCUT2D eigenvalue weighted by atomic mass is 10.1. The van der Waals surface area contributed by atoms with Crippen molar-refractivity contribution in [2.75, 3.05) is 5.73 Å². The molecular weight excluding hydrogens is 276 g/mol. The summed E-state index contributed by atoms with van der Waals surface area (Å²) >= 11 is 0. The lowest BCUT2D eigenvalue weighted by Crippen LogP contribution is -2.27. The van der Waals surface area contributed by atoms with E-state index in [0.29, 0.717) is 4.57 Å². The van der Waals surface area contributed by atoms with Gasteiger partial charge in [0, 0.05) is 11.8 Å². The van der Waals surface area contributed by atoms with Crippen LogP contribution in [0.2, 0.25) is 0 Å². The maximum Gasteiger partial charge on any atom is 0.431 e. The van der Waals surface area contributed by atoms with Crippen LogP contribution >= 0.6 is 0 Å². The van der Waals surface area contributed by atoms with Gasteiger partial charge >= 0.3 is 6.18 Å². The van der Waals surface area contributed by atoms with E-state index in [0.717, 1.165) is 30.3 Å². The Labute approximate surface area is 111 Å². The van der Waals surface area contributed by atoms with Crippen molar-refractivity contribution in [2.24, 2.45) is 0 Å². The van der Waals surface area contributed by atoms with Crippen LogP contribution in [0.1, 0.15) is 11.3 Å². The van der Waals surface area contributed by atoms with Crippen LogP contribution in [-0.4, -0.2) is 4.57 Å². The first-order chi connectivity index (χ1) is 9.29. The first kappa shape index (κ1) is 14.1. The highest BCUT2D eigenvalue weighted by Crippen LogP contribution is 2.28. The normalized spacial score (nSPS) is 11.6. The summed E-state index contributed by atoms with van der Waals surface area (Å²) in [6, 6.07) is 6.19. The molecule has 2 aromatic rings. The van der Waals surface area contributed by atoms with E-state index in [1.54, 1.807) is 0 Å². The quantitative estimate of drug-likeness (QED) is 0.681. The second kappa shape index (κ2) is 4.99. The molecule has 1 aromatic heterocycles. The number of nitrogens with zero attached hydrogens (tertiary/aromatic N) is 1. The van der Waals surface area contributed by atoms with Gasteiger partial charge in [0.2, 0.25) is 0 Å². The standard InChI is InChI=1S/C13H10F4N2O/c14-9-5-4-8(10(18)6-9)7-19-11(13(15,16)17)2-1-3-12(19)20/h1-6H,7,18H2. The maximum atomic E-state index is 12.9. The highest BCUT2D eigenvalue weighted by molar-refractivity contribution is 5.47. The van der Waals surface area contributed by atoms with E-state index in [9.17, 15) is 22.4 Å². The molecule has 0 spiro atoms.